The van der Waals surface area contributed by atoms with Gasteiger partial charge in [-0.05, 0) is 57.5 Å². The molecular formula is C19H26N4O3S. The molecule has 8 heteroatoms. The number of hydrogen-bond acceptors (Lipinski definition) is 5. The normalized spacial score (nSPS) is 18.4. The second-order valence-electron chi connectivity index (χ2n) is 6.85. The van der Waals surface area contributed by atoms with Crippen LogP contribution >= 0.6 is 0 Å². The molecule has 1 aliphatic rings. The topological polar surface area (TPSA) is 84.3 Å². The van der Waals surface area contributed by atoms with Crippen LogP contribution in [-0.2, 0) is 9.84 Å². The Balaban J connectivity index is 1.71. The van der Waals surface area contributed by atoms with Gasteiger partial charge in [0.1, 0.15) is 0 Å². The fraction of sp³-hybridized carbons (Fsp3) is 0.474. The third kappa shape index (κ3) is 4.32. The third-order valence-corrected chi connectivity index (χ3v) is 6.71. The van der Waals surface area contributed by atoms with Crippen molar-refractivity contribution in [3.05, 3.63) is 41.7 Å². The molecule has 0 saturated carbocycles. The van der Waals surface area contributed by atoms with Gasteiger partial charge in [-0.2, -0.15) is 5.10 Å². The van der Waals surface area contributed by atoms with E-state index in [-0.39, 0.29) is 23.5 Å². The minimum atomic E-state index is -3.00. The molecule has 1 aromatic carbocycles. The Kier molecular flexibility index (Phi) is 5.55. The summed E-state index contributed by atoms with van der Waals surface area (Å²) < 4.78 is 25.1. The quantitative estimate of drug-likeness (QED) is 0.820. The molecule has 0 bridgehead atoms. The van der Waals surface area contributed by atoms with Gasteiger partial charge in [-0.1, -0.05) is 0 Å². The molecule has 0 aliphatic carbocycles. The summed E-state index contributed by atoms with van der Waals surface area (Å²) in [6.45, 7) is 7.90. The van der Waals surface area contributed by atoms with Crippen molar-refractivity contribution in [2.75, 3.05) is 34.8 Å². The molecule has 146 valence electrons. The first kappa shape index (κ1) is 19.4. The highest BCUT2D eigenvalue weighted by atomic mass is 32.2. The van der Waals surface area contributed by atoms with Crippen molar-refractivity contribution < 1.29 is 13.2 Å². The molecular weight excluding hydrogens is 364 g/mol. The molecule has 1 atom stereocenters. The third-order valence-electron chi connectivity index (χ3n) is 4.96. The molecule has 1 fully saturated rings. The number of hydrogen-bond donors (Lipinski definition) is 1. The van der Waals surface area contributed by atoms with Crippen LogP contribution in [0.4, 0.5) is 11.4 Å². The van der Waals surface area contributed by atoms with Crippen LogP contribution in [0.25, 0.3) is 0 Å². The Bertz CT molecular complexity index is 915. The molecule has 0 spiro atoms. The summed E-state index contributed by atoms with van der Waals surface area (Å²) in [5, 5.41) is 7.21. The molecule has 1 aliphatic heterocycles. The number of amides is 1. The molecule has 3 rings (SSSR count). The number of nitrogens with one attached hydrogen (secondary N) is 1. The number of carbonyl (C=O) groups is 1. The van der Waals surface area contributed by atoms with Crippen LogP contribution in [0.2, 0.25) is 0 Å². The van der Waals surface area contributed by atoms with E-state index < -0.39 is 9.84 Å². The standard InChI is InChI=1S/C19H26N4O3S/c1-4-22(5-2)16-8-6-15(7-9-16)20-19(24)18-12-14(3)23(21-18)17-10-11-27(25,26)13-17/h6-9,12,17H,4-5,10-11,13H2,1-3H3,(H,20,24). The summed E-state index contributed by atoms with van der Waals surface area (Å²) >= 11 is 0. The lowest BCUT2D eigenvalue weighted by Crippen LogP contribution is -2.21. The Labute approximate surface area is 160 Å². The Morgan fingerprint density at radius 1 is 1.26 bits per heavy atom. The fourth-order valence-corrected chi connectivity index (χ4v) is 5.17. The number of benzene rings is 1. The van der Waals surface area contributed by atoms with Crippen LogP contribution in [0, 0.1) is 6.92 Å². The average molecular weight is 391 g/mol. The first-order valence-electron chi connectivity index (χ1n) is 9.26. The highest BCUT2D eigenvalue weighted by Gasteiger charge is 2.31. The van der Waals surface area contributed by atoms with E-state index in [9.17, 15) is 13.2 Å². The molecule has 7 nitrogen and oxygen atoms in total. The van der Waals surface area contributed by atoms with Crippen LogP contribution in [-0.4, -0.2) is 48.7 Å². The zero-order valence-electron chi connectivity index (χ0n) is 16.0. The lowest BCUT2D eigenvalue weighted by molar-refractivity contribution is 0.102. The smallest absolute Gasteiger partial charge is 0.276 e. The first-order valence-corrected chi connectivity index (χ1v) is 11.1. The van der Waals surface area contributed by atoms with Crippen molar-refractivity contribution in [1.29, 1.82) is 0 Å². The van der Waals surface area contributed by atoms with E-state index in [1.54, 1.807) is 10.7 Å². The number of carbonyl (C=O) groups excluding carboxylic acids is 1. The molecule has 1 aromatic heterocycles. The minimum Gasteiger partial charge on any atom is -0.372 e. The molecule has 0 radical (unpaired) electrons. The van der Waals surface area contributed by atoms with Crippen molar-refractivity contribution >= 4 is 27.1 Å². The molecule has 2 heterocycles. The van der Waals surface area contributed by atoms with Gasteiger partial charge in [-0.25, -0.2) is 8.42 Å². The predicted octanol–water partition coefficient (Wildman–Crippen LogP) is 2.65. The van der Waals surface area contributed by atoms with Crippen molar-refractivity contribution in [3.8, 4) is 0 Å². The average Bonchev–Trinajstić information content (AvgIpc) is 3.19. The minimum absolute atomic E-state index is 0.0867. The zero-order valence-corrected chi connectivity index (χ0v) is 16.8. The van der Waals surface area contributed by atoms with Gasteiger partial charge in [0.2, 0.25) is 0 Å². The van der Waals surface area contributed by atoms with Crippen LogP contribution in [0.3, 0.4) is 0 Å². The van der Waals surface area contributed by atoms with Crippen LogP contribution in [0.1, 0.15) is 42.5 Å². The molecule has 1 saturated heterocycles. The number of anilines is 2. The van der Waals surface area contributed by atoms with Gasteiger partial charge < -0.3 is 10.2 Å². The van der Waals surface area contributed by atoms with Crippen molar-refractivity contribution in [2.45, 2.75) is 33.2 Å². The highest BCUT2D eigenvalue weighted by molar-refractivity contribution is 7.91. The predicted molar refractivity (Wildman–Crippen MR) is 107 cm³/mol. The monoisotopic (exact) mass is 390 g/mol. The second-order valence-corrected chi connectivity index (χ2v) is 9.07. The highest BCUT2D eigenvalue weighted by Crippen LogP contribution is 2.25. The SMILES string of the molecule is CCN(CC)c1ccc(NC(=O)c2cc(C)n(C3CCS(=O)(=O)C3)n2)cc1. The summed E-state index contributed by atoms with van der Waals surface area (Å²) in [7, 11) is -3.00. The number of sulfone groups is 1. The molecule has 2 aromatic rings. The van der Waals surface area contributed by atoms with Gasteiger partial charge in [0.05, 0.1) is 17.5 Å². The number of rotatable bonds is 6. The lowest BCUT2D eigenvalue weighted by Gasteiger charge is -2.21. The van der Waals surface area contributed by atoms with Crippen molar-refractivity contribution in [3.63, 3.8) is 0 Å². The van der Waals surface area contributed by atoms with E-state index in [0.717, 1.165) is 24.5 Å². The largest absolute Gasteiger partial charge is 0.372 e. The number of aryl methyl sites for hydroxylation is 1. The van der Waals surface area contributed by atoms with E-state index in [4.69, 9.17) is 0 Å². The summed E-state index contributed by atoms with van der Waals surface area (Å²) in [6, 6.07) is 9.22. The van der Waals surface area contributed by atoms with Gasteiger partial charge in [-0.3, -0.25) is 9.48 Å². The van der Waals surface area contributed by atoms with Gasteiger partial charge >= 0.3 is 0 Å². The first-order chi connectivity index (χ1) is 12.8. The Morgan fingerprint density at radius 2 is 1.93 bits per heavy atom. The summed E-state index contributed by atoms with van der Waals surface area (Å²) in [5.74, 6) is -0.0332. The van der Waals surface area contributed by atoms with Crippen molar-refractivity contribution in [1.82, 2.24) is 9.78 Å². The van der Waals surface area contributed by atoms with Gasteiger partial charge in [-0.15, -0.1) is 0 Å². The van der Waals surface area contributed by atoms with E-state index in [1.165, 1.54) is 0 Å². The van der Waals surface area contributed by atoms with Gasteiger partial charge in [0.15, 0.2) is 15.5 Å². The number of aromatic nitrogens is 2. The van der Waals surface area contributed by atoms with E-state index in [2.05, 4.69) is 29.2 Å². The maximum absolute atomic E-state index is 12.5. The fourth-order valence-electron chi connectivity index (χ4n) is 3.48. The van der Waals surface area contributed by atoms with E-state index in [1.807, 2.05) is 31.2 Å². The number of nitrogens with zero attached hydrogens (tertiary/aromatic N) is 3. The maximum Gasteiger partial charge on any atom is 0.276 e. The second kappa shape index (κ2) is 7.72. The van der Waals surface area contributed by atoms with Crippen LogP contribution in [0.15, 0.2) is 30.3 Å². The Morgan fingerprint density at radius 3 is 2.48 bits per heavy atom. The van der Waals surface area contributed by atoms with Crippen LogP contribution in [0.5, 0.6) is 0 Å². The van der Waals surface area contributed by atoms with Gasteiger partial charge in [0, 0.05) is 30.2 Å². The summed E-state index contributed by atoms with van der Waals surface area (Å²) in [4.78, 5) is 14.8. The maximum atomic E-state index is 12.5. The van der Waals surface area contributed by atoms with Crippen LogP contribution < -0.4 is 10.2 Å². The summed E-state index contributed by atoms with van der Waals surface area (Å²) in [5.41, 5.74) is 2.90. The molecule has 1 unspecified atom stereocenters. The zero-order chi connectivity index (χ0) is 19.6. The van der Waals surface area contributed by atoms with Gasteiger partial charge in [0.25, 0.3) is 5.91 Å². The Hall–Kier alpha value is -2.35. The molecule has 1 N–H and O–H groups in total. The van der Waals surface area contributed by atoms with E-state index >= 15 is 0 Å². The molecule has 1 amide bonds. The lowest BCUT2D eigenvalue weighted by atomic mass is 10.2. The van der Waals surface area contributed by atoms with Crippen molar-refractivity contribution in [2.24, 2.45) is 0 Å². The summed E-state index contributed by atoms with van der Waals surface area (Å²) in [6.07, 6.45) is 0.540. The van der Waals surface area contributed by atoms with E-state index in [0.29, 0.717) is 17.8 Å². The molecule has 27 heavy (non-hydrogen) atoms.